The number of fused-ring (bicyclic) bond motifs is 1. The molecule has 0 radical (unpaired) electrons. The number of nitrogens with zero attached hydrogens (tertiary/aromatic N) is 3. The lowest BCUT2D eigenvalue weighted by Crippen LogP contribution is -2.52. The normalized spacial score (nSPS) is 29.6. The van der Waals surface area contributed by atoms with E-state index >= 15 is 0 Å². The Kier molecular flexibility index (Phi) is 5.06. The molecule has 162 valence electrons. The Morgan fingerprint density at radius 1 is 1.03 bits per heavy atom. The van der Waals surface area contributed by atoms with Gasteiger partial charge < -0.3 is 14.8 Å². The van der Waals surface area contributed by atoms with Gasteiger partial charge in [0, 0.05) is 32.7 Å². The third kappa shape index (κ3) is 3.63. The summed E-state index contributed by atoms with van der Waals surface area (Å²) < 4.78 is 10.8. The van der Waals surface area contributed by atoms with Gasteiger partial charge in [-0.05, 0) is 49.3 Å². The third-order valence-electron chi connectivity index (χ3n) is 7.02. The predicted molar refractivity (Wildman–Crippen MR) is 110 cm³/mol. The number of carbonyl (C=O) groups excluding carboxylic acids is 2. The number of rotatable bonds is 4. The summed E-state index contributed by atoms with van der Waals surface area (Å²) in [6, 6.07) is 5.87. The summed E-state index contributed by atoms with van der Waals surface area (Å²) in [7, 11) is 0. The number of hydrogen-bond acceptors (Lipinski definition) is 6. The molecule has 0 atom stereocenters. The van der Waals surface area contributed by atoms with Crippen molar-refractivity contribution in [1.82, 2.24) is 20.0 Å². The number of hydrogen-bond donors (Lipinski definition) is 1. The maximum atomic E-state index is 13.1. The van der Waals surface area contributed by atoms with Gasteiger partial charge in [0.25, 0.3) is 5.91 Å². The van der Waals surface area contributed by atoms with Crippen molar-refractivity contribution in [3.05, 3.63) is 23.8 Å². The quantitative estimate of drug-likeness (QED) is 0.760. The van der Waals surface area contributed by atoms with E-state index in [4.69, 9.17) is 9.47 Å². The van der Waals surface area contributed by atoms with Crippen molar-refractivity contribution in [3.8, 4) is 11.5 Å². The van der Waals surface area contributed by atoms with Crippen LogP contribution in [0.1, 0.15) is 38.2 Å². The van der Waals surface area contributed by atoms with Crippen molar-refractivity contribution in [2.24, 2.45) is 5.92 Å². The molecule has 8 nitrogen and oxygen atoms in total. The summed E-state index contributed by atoms with van der Waals surface area (Å²) in [6.07, 6.45) is 3.52. The number of amides is 3. The molecular formula is C22H30N4O4. The van der Waals surface area contributed by atoms with Crippen molar-refractivity contribution in [3.63, 3.8) is 0 Å². The first-order valence-electron chi connectivity index (χ1n) is 11.0. The summed E-state index contributed by atoms with van der Waals surface area (Å²) in [5.41, 5.74) is 0.556. The summed E-state index contributed by atoms with van der Waals surface area (Å²) >= 11 is 0. The summed E-state index contributed by atoms with van der Waals surface area (Å²) in [6.45, 7) is 7.24. The first kappa shape index (κ1) is 19.6. The van der Waals surface area contributed by atoms with Gasteiger partial charge in [-0.15, -0.1) is 0 Å². The molecule has 3 fully saturated rings. The molecule has 1 aromatic carbocycles. The molecule has 0 unspecified atom stereocenters. The van der Waals surface area contributed by atoms with E-state index in [9.17, 15) is 9.59 Å². The van der Waals surface area contributed by atoms with Gasteiger partial charge in [0.05, 0.1) is 6.67 Å². The molecule has 0 bridgehead atoms. The van der Waals surface area contributed by atoms with Crippen LogP contribution in [0.2, 0.25) is 0 Å². The van der Waals surface area contributed by atoms with Gasteiger partial charge in [-0.1, -0.05) is 13.0 Å². The second-order valence-corrected chi connectivity index (χ2v) is 9.15. The Bertz CT molecular complexity index is 828. The van der Waals surface area contributed by atoms with Crippen LogP contribution >= 0.6 is 0 Å². The van der Waals surface area contributed by atoms with Crippen molar-refractivity contribution in [1.29, 1.82) is 0 Å². The molecule has 1 aromatic rings. The molecule has 3 heterocycles. The topological polar surface area (TPSA) is 74.4 Å². The Labute approximate surface area is 177 Å². The fourth-order valence-electron chi connectivity index (χ4n) is 4.98. The number of ether oxygens (including phenoxy) is 2. The van der Waals surface area contributed by atoms with Crippen molar-refractivity contribution in [2.45, 2.75) is 44.7 Å². The second kappa shape index (κ2) is 7.74. The maximum Gasteiger partial charge on any atom is 0.326 e. The van der Waals surface area contributed by atoms with Crippen LogP contribution in [0.25, 0.3) is 0 Å². The number of imide groups is 1. The first-order chi connectivity index (χ1) is 14.5. The monoisotopic (exact) mass is 414 g/mol. The van der Waals surface area contributed by atoms with Gasteiger partial charge in [-0.25, -0.2) is 9.69 Å². The fourth-order valence-corrected chi connectivity index (χ4v) is 4.98. The average molecular weight is 415 g/mol. The molecule has 8 heteroatoms. The highest BCUT2D eigenvalue weighted by Gasteiger charge is 2.52. The number of benzene rings is 1. The number of nitrogens with one attached hydrogen (secondary N) is 1. The molecule has 0 aromatic heterocycles. The smallest absolute Gasteiger partial charge is 0.326 e. The van der Waals surface area contributed by atoms with Crippen LogP contribution in [0.4, 0.5) is 4.79 Å². The molecule has 1 N–H and O–H groups in total. The van der Waals surface area contributed by atoms with Gasteiger partial charge in [0.15, 0.2) is 11.5 Å². The van der Waals surface area contributed by atoms with Gasteiger partial charge in [-0.2, -0.15) is 0 Å². The molecule has 4 aliphatic rings. The van der Waals surface area contributed by atoms with Crippen LogP contribution < -0.4 is 14.8 Å². The number of urea groups is 1. The van der Waals surface area contributed by atoms with Crippen molar-refractivity contribution >= 4 is 11.9 Å². The lowest BCUT2D eigenvalue weighted by molar-refractivity contribution is -0.134. The highest BCUT2D eigenvalue weighted by molar-refractivity contribution is 6.07. The van der Waals surface area contributed by atoms with E-state index in [1.165, 1.54) is 10.5 Å². The molecule has 1 saturated carbocycles. The summed E-state index contributed by atoms with van der Waals surface area (Å²) in [5, 5.41) is 3.02. The molecule has 1 spiro atoms. The van der Waals surface area contributed by atoms with Crippen LogP contribution in [-0.4, -0.2) is 71.8 Å². The first-order valence-corrected chi connectivity index (χ1v) is 11.0. The zero-order valence-corrected chi connectivity index (χ0v) is 17.6. The van der Waals surface area contributed by atoms with E-state index in [1.807, 2.05) is 12.1 Å². The highest BCUT2D eigenvalue weighted by atomic mass is 16.7. The van der Waals surface area contributed by atoms with E-state index in [2.05, 4.69) is 28.1 Å². The van der Waals surface area contributed by atoms with Crippen LogP contribution in [0.15, 0.2) is 18.2 Å². The highest BCUT2D eigenvalue weighted by Crippen LogP contribution is 2.36. The standard InChI is InChI=1S/C22H30N4O4/c1-16-4-6-22(7-5-16)20(27)26(21(28)23-22)14-25-10-8-24(9-11-25)13-17-2-3-18-19(12-17)30-15-29-18/h2-3,12,16H,4-11,13-15H2,1H3,(H,23,28). The zero-order valence-electron chi connectivity index (χ0n) is 17.6. The van der Waals surface area contributed by atoms with E-state index in [1.54, 1.807) is 0 Å². The molecule has 3 aliphatic heterocycles. The minimum absolute atomic E-state index is 0.0258. The van der Waals surface area contributed by atoms with Crippen LogP contribution in [0, 0.1) is 5.92 Å². The van der Waals surface area contributed by atoms with E-state index in [0.29, 0.717) is 19.4 Å². The lowest BCUT2D eigenvalue weighted by atomic mass is 9.77. The van der Waals surface area contributed by atoms with Crippen molar-refractivity contribution in [2.75, 3.05) is 39.6 Å². The molecule has 1 aliphatic carbocycles. The Morgan fingerprint density at radius 2 is 1.73 bits per heavy atom. The molecule has 2 saturated heterocycles. The molecular weight excluding hydrogens is 384 g/mol. The Balaban J connectivity index is 1.14. The number of carbonyl (C=O) groups is 2. The summed E-state index contributed by atoms with van der Waals surface area (Å²) in [4.78, 5) is 31.6. The van der Waals surface area contributed by atoms with E-state index < -0.39 is 5.54 Å². The van der Waals surface area contributed by atoms with Crippen LogP contribution in [-0.2, 0) is 11.3 Å². The minimum Gasteiger partial charge on any atom is -0.454 e. The van der Waals surface area contributed by atoms with Gasteiger partial charge in [-0.3, -0.25) is 14.6 Å². The van der Waals surface area contributed by atoms with Gasteiger partial charge in [0.1, 0.15) is 5.54 Å². The molecule has 5 rings (SSSR count). The minimum atomic E-state index is -0.648. The Morgan fingerprint density at radius 3 is 2.50 bits per heavy atom. The summed E-state index contributed by atoms with van der Waals surface area (Å²) in [5.74, 6) is 2.23. The van der Waals surface area contributed by atoms with Crippen LogP contribution in [0.5, 0.6) is 11.5 Å². The fraction of sp³-hybridized carbons (Fsp3) is 0.636. The SMILES string of the molecule is CC1CCC2(CC1)NC(=O)N(CN1CCN(Cc3ccc4c(c3)OCO4)CC1)C2=O. The third-order valence-corrected chi connectivity index (χ3v) is 7.02. The van der Waals surface area contributed by atoms with Crippen molar-refractivity contribution < 1.29 is 19.1 Å². The van der Waals surface area contributed by atoms with E-state index in [0.717, 1.165) is 69.9 Å². The largest absolute Gasteiger partial charge is 0.454 e. The lowest BCUT2D eigenvalue weighted by Gasteiger charge is -2.37. The Hall–Kier alpha value is -2.32. The van der Waals surface area contributed by atoms with Crippen LogP contribution in [0.3, 0.4) is 0 Å². The molecule has 3 amide bonds. The second-order valence-electron chi connectivity index (χ2n) is 9.15. The van der Waals surface area contributed by atoms with Gasteiger partial charge >= 0.3 is 6.03 Å². The molecule has 30 heavy (non-hydrogen) atoms. The average Bonchev–Trinajstić information content (AvgIpc) is 3.30. The van der Waals surface area contributed by atoms with E-state index in [-0.39, 0.29) is 11.9 Å². The predicted octanol–water partition coefficient (Wildman–Crippen LogP) is 1.99. The zero-order chi connectivity index (χ0) is 20.7. The van der Waals surface area contributed by atoms with Gasteiger partial charge in [0.2, 0.25) is 6.79 Å². The number of piperazine rings is 1. The maximum absolute atomic E-state index is 13.1.